The molecule has 0 atom stereocenters. The van der Waals surface area contributed by atoms with Crippen LogP contribution in [0.5, 0.6) is 5.75 Å². The zero-order valence-corrected chi connectivity index (χ0v) is 23.5. The number of benzene rings is 3. The van der Waals surface area contributed by atoms with Crippen LogP contribution in [0.15, 0.2) is 91.4 Å². The van der Waals surface area contributed by atoms with Gasteiger partial charge in [-0.15, -0.1) is 0 Å². The standard InChI is InChI=1S/C33H33ClFN5O/c34-30-20-37-33(39-27-12-10-26(11-13-27)36-15-16-41-28-7-2-1-3-8-28)19-29(30)24-9-14-31-32(18-24)40(22-38-31)21-23-5-4-6-25(35)17-23/h1-9,14,17-20,22,26-27,36H,10-13,15-16,21H2,(H,37,39). The van der Waals surface area contributed by atoms with Crippen molar-refractivity contribution in [3.05, 3.63) is 108 Å². The van der Waals surface area contributed by atoms with Gasteiger partial charge in [-0.2, -0.15) is 0 Å². The Morgan fingerprint density at radius 2 is 1.73 bits per heavy atom. The van der Waals surface area contributed by atoms with Crippen LogP contribution < -0.4 is 15.4 Å². The van der Waals surface area contributed by atoms with Crippen molar-refractivity contribution in [2.45, 2.75) is 44.3 Å². The topological polar surface area (TPSA) is 64.0 Å². The van der Waals surface area contributed by atoms with Gasteiger partial charge < -0.3 is 19.9 Å². The van der Waals surface area contributed by atoms with Gasteiger partial charge in [-0.25, -0.2) is 14.4 Å². The van der Waals surface area contributed by atoms with Crippen molar-refractivity contribution < 1.29 is 9.13 Å². The number of para-hydroxylation sites is 1. The summed E-state index contributed by atoms with van der Waals surface area (Å²) in [6.07, 6.45) is 7.87. The van der Waals surface area contributed by atoms with Crippen molar-refractivity contribution in [1.29, 1.82) is 0 Å². The monoisotopic (exact) mass is 569 g/mol. The second kappa shape index (κ2) is 12.7. The number of ether oxygens (including phenoxy) is 1. The molecular formula is C33H33ClFN5O. The van der Waals surface area contributed by atoms with E-state index in [-0.39, 0.29) is 5.82 Å². The maximum Gasteiger partial charge on any atom is 0.126 e. The summed E-state index contributed by atoms with van der Waals surface area (Å²) in [5.74, 6) is 1.49. The van der Waals surface area contributed by atoms with Crippen LogP contribution in [0.2, 0.25) is 5.02 Å². The highest BCUT2D eigenvalue weighted by Gasteiger charge is 2.21. The number of halogens is 2. The Balaban J connectivity index is 1.07. The fourth-order valence-corrected chi connectivity index (χ4v) is 5.73. The van der Waals surface area contributed by atoms with Crippen LogP contribution in [0.1, 0.15) is 31.2 Å². The molecule has 0 unspecified atom stereocenters. The third kappa shape index (κ3) is 6.87. The fourth-order valence-electron chi connectivity index (χ4n) is 5.52. The Morgan fingerprint density at radius 1 is 0.902 bits per heavy atom. The second-order valence-electron chi connectivity index (χ2n) is 10.6. The first-order valence-electron chi connectivity index (χ1n) is 14.1. The number of rotatable bonds is 10. The number of anilines is 1. The van der Waals surface area contributed by atoms with Crippen molar-refractivity contribution in [2.75, 3.05) is 18.5 Å². The van der Waals surface area contributed by atoms with Gasteiger partial charge in [0.15, 0.2) is 0 Å². The maximum absolute atomic E-state index is 13.7. The number of hydrogen-bond acceptors (Lipinski definition) is 5. The van der Waals surface area contributed by atoms with Crippen LogP contribution in [-0.4, -0.2) is 39.8 Å². The lowest BCUT2D eigenvalue weighted by atomic mass is 9.91. The molecule has 8 heteroatoms. The number of hydrogen-bond donors (Lipinski definition) is 2. The van der Waals surface area contributed by atoms with Crippen LogP contribution in [-0.2, 0) is 6.54 Å². The van der Waals surface area contributed by atoms with E-state index >= 15 is 0 Å². The molecule has 210 valence electrons. The molecule has 1 fully saturated rings. The van der Waals surface area contributed by atoms with E-state index in [4.69, 9.17) is 16.3 Å². The molecule has 5 aromatic rings. The largest absolute Gasteiger partial charge is 0.492 e. The molecule has 41 heavy (non-hydrogen) atoms. The van der Waals surface area contributed by atoms with Crippen molar-refractivity contribution in [2.24, 2.45) is 0 Å². The van der Waals surface area contributed by atoms with Crippen molar-refractivity contribution in [3.8, 4) is 16.9 Å². The Labute approximate surface area is 244 Å². The van der Waals surface area contributed by atoms with E-state index in [1.165, 1.54) is 6.07 Å². The maximum atomic E-state index is 13.7. The highest BCUT2D eigenvalue weighted by molar-refractivity contribution is 6.33. The Hall–Kier alpha value is -3.94. The minimum atomic E-state index is -0.241. The van der Waals surface area contributed by atoms with Crippen LogP contribution in [0, 0.1) is 5.82 Å². The molecule has 0 radical (unpaired) electrons. The fraction of sp³-hybridized carbons (Fsp3) is 0.273. The number of aromatic nitrogens is 3. The van der Waals surface area contributed by atoms with Gasteiger partial charge in [0.05, 0.1) is 22.4 Å². The molecule has 2 heterocycles. The number of fused-ring (bicyclic) bond motifs is 1. The lowest BCUT2D eigenvalue weighted by Crippen LogP contribution is -2.38. The average Bonchev–Trinajstić information content (AvgIpc) is 3.39. The highest BCUT2D eigenvalue weighted by atomic mass is 35.5. The van der Waals surface area contributed by atoms with Crippen molar-refractivity contribution >= 4 is 28.5 Å². The summed E-state index contributed by atoms with van der Waals surface area (Å²) in [7, 11) is 0. The van der Waals surface area contributed by atoms with E-state index in [0.29, 0.717) is 30.3 Å². The van der Waals surface area contributed by atoms with Gasteiger partial charge in [0.25, 0.3) is 0 Å². The van der Waals surface area contributed by atoms with Gasteiger partial charge in [0, 0.05) is 36.9 Å². The lowest BCUT2D eigenvalue weighted by molar-refractivity contribution is 0.285. The number of nitrogens with one attached hydrogen (secondary N) is 2. The Morgan fingerprint density at radius 3 is 2.56 bits per heavy atom. The molecule has 1 aliphatic carbocycles. The molecule has 0 saturated heterocycles. The quantitative estimate of drug-likeness (QED) is 0.172. The minimum absolute atomic E-state index is 0.241. The number of pyridine rings is 1. The molecule has 0 bridgehead atoms. The molecule has 1 aliphatic rings. The van der Waals surface area contributed by atoms with Gasteiger partial charge in [-0.05, 0) is 79.3 Å². The first-order chi connectivity index (χ1) is 20.1. The van der Waals surface area contributed by atoms with Gasteiger partial charge in [-0.3, -0.25) is 0 Å². The molecule has 6 nitrogen and oxygen atoms in total. The van der Waals surface area contributed by atoms with Crippen molar-refractivity contribution in [3.63, 3.8) is 0 Å². The second-order valence-corrected chi connectivity index (χ2v) is 11.0. The molecule has 0 spiro atoms. The zero-order valence-electron chi connectivity index (χ0n) is 22.8. The van der Waals surface area contributed by atoms with Gasteiger partial charge in [0.1, 0.15) is 24.0 Å². The number of nitrogens with zero attached hydrogens (tertiary/aromatic N) is 3. The third-order valence-electron chi connectivity index (χ3n) is 7.66. The van der Waals surface area contributed by atoms with Gasteiger partial charge in [-0.1, -0.05) is 48.0 Å². The number of imidazole rings is 1. The van der Waals surface area contributed by atoms with Crippen LogP contribution in [0.4, 0.5) is 10.2 Å². The average molecular weight is 570 g/mol. The first-order valence-corrected chi connectivity index (χ1v) is 14.5. The molecule has 3 aromatic carbocycles. The summed E-state index contributed by atoms with van der Waals surface area (Å²) < 4.78 is 21.6. The Kier molecular flexibility index (Phi) is 8.44. The van der Waals surface area contributed by atoms with Crippen LogP contribution in [0.3, 0.4) is 0 Å². The van der Waals surface area contributed by atoms with E-state index < -0.39 is 0 Å². The molecule has 2 N–H and O–H groups in total. The van der Waals surface area contributed by atoms with E-state index in [1.54, 1.807) is 24.7 Å². The summed E-state index contributed by atoms with van der Waals surface area (Å²) in [4.78, 5) is 9.10. The van der Waals surface area contributed by atoms with E-state index in [2.05, 4.69) is 26.7 Å². The summed E-state index contributed by atoms with van der Waals surface area (Å²) in [5.41, 5.74) is 4.63. The Bertz CT molecular complexity index is 1600. The molecule has 0 amide bonds. The molecule has 2 aromatic heterocycles. The molecular weight excluding hydrogens is 537 g/mol. The van der Waals surface area contributed by atoms with Gasteiger partial charge in [0.2, 0.25) is 0 Å². The molecule has 1 saturated carbocycles. The first kappa shape index (κ1) is 27.2. The van der Waals surface area contributed by atoms with Crippen LogP contribution in [0.25, 0.3) is 22.2 Å². The van der Waals surface area contributed by atoms with Crippen LogP contribution >= 0.6 is 11.6 Å². The highest BCUT2D eigenvalue weighted by Crippen LogP contribution is 2.32. The zero-order chi connectivity index (χ0) is 28.0. The lowest BCUT2D eigenvalue weighted by Gasteiger charge is -2.30. The minimum Gasteiger partial charge on any atom is -0.492 e. The predicted molar refractivity (Wildman–Crippen MR) is 163 cm³/mol. The molecule has 0 aliphatic heterocycles. The summed E-state index contributed by atoms with van der Waals surface area (Å²) in [6, 6.07) is 25.6. The summed E-state index contributed by atoms with van der Waals surface area (Å²) in [5, 5.41) is 7.87. The van der Waals surface area contributed by atoms with Crippen molar-refractivity contribution in [1.82, 2.24) is 19.9 Å². The summed E-state index contributed by atoms with van der Waals surface area (Å²) >= 11 is 6.63. The predicted octanol–water partition coefficient (Wildman–Crippen LogP) is 7.33. The normalized spacial score (nSPS) is 17.0. The molecule has 6 rings (SSSR count). The van der Waals surface area contributed by atoms with E-state index in [1.807, 2.05) is 59.2 Å². The summed E-state index contributed by atoms with van der Waals surface area (Å²) in [6.45, 7) is 2.04. The van der Waals surface area contributed by atoms with E-state index in [0.717, 1.165) is 71.5 Å². The third-order valence-corrected chi connectivity index (χ3v) is 7.96. The SMILES string of the molecule is Fc1cccc(Cn2cnc3ccc(-c4cc(NC5CCC(NCCOc6ccccc6)CC5)ncc4Cl)cc32)c1. The van der Waals surface area contributed by atoms with Gasteiger partial charge >= 0.3 is 0 Å². The smallest absolute Gasteiger partial charge is 0.126 e. The van der Waals surface area contributed by atoms with E-state index in [9.17, 15) is 4.39 Å².